The second-order valence-electron chi connectivity index (χ2n) is 29.3. The summed E-state index contributed by atoms with van der Waals surface area (Å²) in [5, 5.41) is 10.6. The van der Waals surface area contributed by atoms with E-state index >= 15 is 0 Å². The molecule has 0 aliphatic heterocycles. The van der Waals surface area contributed by atoms with Crippen molar-refractivity contribution in [2.24, 2.45) is 5.92 Å². The molecule has 0 saturated heterocycles. The van der Waals surface area contributed by atoms with Crippen LogP contribution in [0, 0.1) is 5.92 Å². The van der Waals surface area contributed by atoms with E-state index in [0.717, 1.165) is 96.3 Å². The molecule has 5 atom stereocenters. The molecule has 0 spiro atoms. The molecule has 2 unspecified atom stereocenters. The number of ether oxygens (including phenoxy) is 4. The van der Waals surface area contributed by atoms with Crippen LogP contribution in [0.1, 0.15) is 426 Å². The molecule has 0 aromatic rings. The van der Waals surface area contributed by atoms with Crippen LogP contribution >= 0.6 is 15.6 Å². The first-order chi connectivity index (χ1) is 48.0. The van der Waals surface area contributed by atoms with Crippen LogP contribution < -0.4 is 0 Å². The highest BCUT2D eigenvalue weighted by atomic mass is 31.2. The van der Waals surface area contributed by atoms with Crippen molar-refractivity contribution < 1.29 is 80.2 Å². The van der Waals surface area contributed by atoms with E-state index in [4.69, 9.17) is 37.0 Å². The molecule has 0 aliphatic carbocycles. The lowest BCUT2D eigenvalue weighted by molar-refractivity contribution is -0.161. The molecular weight excluding hydrogens is 1290 g/mol. The highest BCUT2D eigenvalue weighted by Gasteiger charge is 2.30. The summed E-state index contributed by atoms with van der Waals surface area (Å²) in [7, 11) is -9.91. The lowest BCUT2D eigenvalue weighted by Gasteiger charge is -2.21. The van der Waals surface area contributed by atoms with Gasteiger partial charge in [-0.1, -0.05) is 375 Å². The first kappa shape index (κ1) is 97.1. The van der Waals surface area contributed by atoms with Gasteiger partial charge in [-0.15, -0.1) is 0 Å². The molecule has 19 heteroatoms. The zero-order valence-corrected chi connectivity index (χ0v) is 66.4. The number of carbonyl (C=O) groups is 4. The molecule has 0 aromatic heterocycles. The maximum Gasteiger partial charge on any atom is 0.472 e. The lowest BCUT2D eigenvalue weighted by Crippen LogP contribution is -2.30. The lowest BCUT2D eigenvalue weighted by atomic mass is 10.0. The van der Waals surface area contributed by atoms with E-state index in [2.05, 4.69) is 34.6 Å². The average molecular weight is 1450 g/mol. The highest BCUT2D eigenvalue weighted by molar-refractivity contribution is 7.47. The fourth-order valence-electron chi connectivity index (χ4n) is 12.4. The van der Waals surface area contributed by atoms with Crippen molar-refractivity contribution in [3.63, 3.8) is 0 Å². The third kappa shape index (κ3) is 74.1. The molecule has 0 aliphatic rings. The van der Waals surface area contributed by atoms with Crippen LogP contribution in [0.15, 0.2) is 0 Å². The van der Waals surface area contributed by atoms with Gasteiger partial charge in [-0.25, -0.2) is 9.13 Å². The van der Waals surface area contributed by atoms with Gasteiger partial charge in [-0.3, -0.25) is 37.3 Å². The topological polar surface area (TPSA) is 237 Å². The Balaban J connectivity index is 5.19. The number of phosphoric acid groups is 2. The van der Waals surface area contributed by atoms with Gasteiger partial charge in [0, 0.05) is 25.7 Å². The Morgan fingerprint density at radius 1 is 0.273 bits per heavy atom. The molecule has 588 valence electrons. The zero-order chi connectivity index (χ0) is 72.7. The second-order valence-corrected chi connectivity index (χ2v) is 32.2. The van der Waals surface area contributed by atoms with Crippen molar-refractivity contribution in [2.45, 2.75) is 445 Å². The van der Waals surface area contributed by atoms with Crippen LogP contribution in [0.3, 0.4) is 0 Å². The molecule has 17 nitrogen and oxygen atoms in total. The van der Waals surface area contributed by atoms with E-state index in [1.165, 1.54) is 244 Å². The zero-order valence-electron chi connectivity index (χ0n) is 64.6. The normalized spacial score (nSPS) is 13.9. The van der Waals surface area contributed by atoms with E-state index < -0.39 is 97.5 Å². The van der Waals surface area contributed by atoms with Crippen LogP contribution in [0.5, 0.6) is 0 Å². The molecule has 0 heterocycles. The standard InChI is InChI=1S/C80H156O17P2/c1-6-9-12-15-18-21-24-27-29-30-31-32-33-34-35-37-39-42-45-50-56-61-66-80(85)96-75(69-90-77(82)63-58-53-48-43-41-38-36-28-25-22-19-16-13-10-7-2)71-94-98(86,87)92-67-74(81)68-93-99(88,89)95-72-76(70-91-78(83)64-59-54-51-46-47-52-57-62-73(4)5)97-79(84)65-60-55-49-44-40-26-23-20-17-14-11-8-3/h73-76,81H,6-72H2,1-5H3,(H,86,87)(H,88,89)/t74-,75-,76-/m1/s1. The summed E-state index contributed by atoms with van der Waals surface area (Å²) in [6.45, 7) is 7.26. The van der Waals surface area contributed by atoms with Crippen LogP contribution in [-0.2, 0) is 65.4 Å². The predicted molar refractivity (Wildman–Crippen MR) is 405 cm³/mol. The Kier molecular flexibility index (Phi) is 71.6. The van der Waals surface area contributed by atoms with Crippen molar-refractivity contribution >= 4 is 39.5 Å². The van der Waals surface area contributed by atoms with Crippen molar-refractivity contribution in [3.05, 3.63) is 0 Å². The molecule has 0 rings (SSSR count). The van der Waals surface area contributed by atoms with Gasteiger partial charge in [-0.2, -0.15) is 0 Å². The molecule has 0 saturated carbocycles. The van der Waals surface area contributed by atoms with E-state index in [1.54, 1.807) is 0 Å². The molecule has 3 N–H and O–H groups in total. The first-order valence-corrected chi connectivity index (χ1v) is 44.6. The van der Waals surface area contributed by atoms with Gasteiger partial charge in [-0.05, 0) is 31.6 Å². The van der Waals surface area contributed by atoms with Gasteiger partial charge in [0.05, 0.1) is 26.4 Å². The first-order valence-electron chi connectivity index (χ1n) is 41.6. The predicted octanol–water partition coefficient (Wildman–Crippen LogP) is 24.0. The minimum atomic E-state index is -4.96. The number of esters is 4. The van der Waals surface area contributed by atoms with Gasteiger partial charge in [0.25, 0.3) is 0 Å². The third-order valence-electron chi connectivity index (χ3n) is 18.8. The van der Waals surface area contributed by atoms with Gasteiger partial charge < -0.3 is 33.8 Å². The summed E-state index contributed by atoms with van der Waals surface area (Å²) in [6, 6.07) is 0. The van der Waals surface area contributed by atoms with Crippen LogP contribution in [0.4, 0.5) is 0 Å². The van der Waals surface area contributed by atoms with Crippen LogP contribution in [0.25, 0.3) is 0 Å². The number of carbonyl (C=O) groups excluding carboxylic acids is 4. The summed E-state index contributed by atoms with van der Waals surface area (Å²) in [6.07, 6.45) is 64.0. The second kappa shape index (κ2) is 73.0. The Morgan fingerprint density at radius 2 is 0.465 bits per heavy atom. The Morgan fingerprint density at radius 3 is 0.687 bits per heavy atom. The highest BCUT2D eigenvalue weighted by Crippen LogP contribution is 2.45. The number of phosphoric ester groups is 2. The summed E-state index contributed by atoms with van der Waals surface area (Å²) in [5.41, 5.74) is 0. The Labute approximate surface area is 607 Å². The maximum absolute atomic E-state index is 13.1. The monoisotopic (exact) mass is 1450 g/mol. The molecule has 99 heavy (non-hydrogen) atoms. The van der Waals surface area contributed by atoms with Gasteiger partial charge in [0.2, 0.25) is 0 Å². The minimum Gasteiger partial charge on any atom is -0.462 e. The smallest absolute Gasteiger partial charge is 0.462 e. The summed E-state index contributed by atoms with van der Waals surface area (Å²) >= 11 is 0. The van der Waals surface area contributed by atoms with Crippen LogP contribution in [-0.4, -0.2) is 96.7 Å². The molecule has 0 amide bonds. The number of hydrogen-bond acceptors (Lipinski definition) is 15. The number of aliphatic hydroxyl groups is 1. The minimum absolute atomic E-state index is 0.107. The molecular formula is C80H156O17P2. The Bertz CT molecular complexity index is 1890. The fraction of sp³-hybridized carbons (Fsp3) is 0.950. The van der Waals surface area contributed by atoms with Crippen molar-refractivity contribution in [3.8, 4) is 0 Å². The molecule has 0 aromatic carbocycles. The van der Waals surface area contributed by atoms with Crippen molar-refractivity contribution in [2.75, 3.05) is 39.6 Å². The quantitative estimate of drug-likeness (QED) is 0.0222. The van der Waals surface area contributed by atoms with Crippen molar-refractivity contribution in [1.29, 1.82) is 0 Å². The largest absolute Gasteiger partial charge is 0.472 e. The van der Waals surface area contributed by atoms with Gasteiger partial charge in [0.15, 0.2) is 12.2 Å². The number of aliphatic hydroxyl groups excluding tert-OH is 1. The van der Waals surface area contributed by atoms with Crippen LogP contribution in [0.2, 0.25) is 0 Å². The van der Waals surface area contributed by atoms with Gasteiger partial charge in [0.1, 0.15) is 19.3 Å². The van der Waals surface area contributed by atoms with E-state index in [9.17, 15) is 43.2 Å². The average Bonchev–Trinajstić information content (AvgIpc) is 1.02. The maximum atomic E-state index is 13.1. The summed E-state index contributed by atoms with van der Waals surface area (Å²) < 4.78 is 68.6. The number of unbranched alkanes of at least 4 members (excludes halogenated alkanes) is 52. The molecule has 0 fully saturated rings. The number of hydrogen-bond donors (Lipinski definition) is 3. The SMILES string of the molecule is CCCCCCCCCCCCCCCCCCCCCCCCC(=O)O[C@H](COC(=O)CCCCCCCCCCCCCCCCC)COP(=O)(O)OC[C@@H](O)COP(=O)(O)OC[C@@H](COC(=O)CCCCCCCCCC(C)C)OC(=O)CCCCCCCCCCCCCC. The molecule has 0 radical (unpaired) electrons. The number of rotatable bonds is 80. The third-order valence-corrected chi connectivity index (χ3v) is 20.7. The van der Waals surface area contributed by atoms with E-state index in [-0.39, 0.29) is 25.7 Å². The molecule has 0 bridgehead atoms. The summed E-state index contributed by atoms with van der Waals surface area (Å²) in [4.78, 5) is 72.9. The fourth-order valence-corrected chi connectivity index (χ4v) is 14.0. The van der Waals surface area contributed by atoms with E-state index in [0.29, 0.717) is 31.6 Å². The summed E-state index contributed by atoms with van der Waals surface area (Å²) in [5.74, 6) is -1.40. The van der Waals surface area contributed by atoms with Gasteiger partial charge >= 0.3 is 39.5 Å². The van der Waals surface area contributed by atoms with E-state index in [1.807, 2.05) is 0 Å². The van der Waals surface area contributed by atoms with Crippen molar-refractivity contribution in [1.82, 2.24) is 0 Å². The Hall–Kier alpha value is -1.94.